The largest absolute Gasteiger partial charge is 0.462 e. The third-order valence-electron chi connectivity index (χ3n) is 10.0. The average Bonchev–Trinajstić information content (AvgIpc) is 3.11. The molecule has 0 unspecified atom stereocenters. The second-order valence-corrected chi connectivity index (χ2v) is 15.8. The highest BCUT2D eigenvalue weighted by atomic mass is 16.6. The fourth-order valence-corrected chi connectivity index (χ4v) is 6.63. The van der Waals surface area contributed by atoms with Gasteiger partial charge in [0.2, 0.25) is 0 Å². The fraction of sp³-hybridized carbons (Fsp3) is 0.933. The molecule has 0 amide bonds. The van der Waals surface area contributed by atoms with E-state index >= 15 is 0 Å². The van der Waals surface area contributed by atoms with E-state index in [1.807, 2.05) is 0 Å². The molecule has 302 valence electrons. The summed E-state index contributed by atoms with van der Waals surface area (Å²) in [6, 6.07) is 0. The number of hydrogen-bond donors (Lipinski definition) is 0. The van der Waals surface area contributed by atoms with Crippen molar-refractivity contribution in [2.24, 2.45) is 5.92 Å². The van der Waals surface area contributed by atoms with Crippen LogP contribution >= 0.6 is 0 Å². The summed E-state index contributed by atoms with van der Waals surface area (Å²) >= 11 is 0. The van der Waals surface area contributed by atoms with Crippen LogP contribution in [0.4, 0.5) is 0 Å². The van der Waals surface area contributed by atoms with E-state index in [9.17, 15) is 14.4 Å². The van der Waals surface area contributed by atoms with Gasteiger partial charge in [-0.2, -0.15) is 0 Å². The Labute approximate surface area is 317 Å². The quantitative estimate of drug-likeness (QED) is 0.0356. The first-order valence-electron chi connectivity index (χ1n) is 22.4. The Morgan fingerprint density at radius 3 is 0.961 bits per heavy atom. The van der Waals surface area contributed by atoms with Gasteiger partial charge in [-0.1, -0.05) is 207 Å². The van der Waals surface area contributed by atoms with Crippen LogP contribution in [0.2, 0.25) is 0 Å². The maximum atomic E-state index is 12.7. The molecule has 0 saturated carbocycles. The van der Waals surface area contributed by atoms with Gasteiger partial charge in [-0.25, -0.2) is 0 Å². The lowest BCUT2D eigenvalue weighted by Gasteiger charge is -2.18. The molecule has 6 heteroatoms. The van der Waals surface area contributed by atoms with Crippen LogP contribution in [0.5, 0.6) is 0 Å². The molecule has 0 aromatic heterocycles. The Hall–Kier alpha value is -1.59. The highest BCUT2D eigenvalue weighted by Crippen LogP contribution is 2.16. The molecule has 0 spiro atoms. The van der Waals surface area contributed by atoms with Gasteiger partial charge in [0, 0.05) is 19.3 Å². The summed E-state index contributed by atoms with van der Waals surface area (Å²) in [4.78, 5) is 37.4. The molecule has 0 aliphatic heterocycles. The SMILES string of the molecule is CCCCCCCCCCCCCCCC(=O)OC[C@H](COC(=O)CCCCCCC)OC(=O)CCCCCCCCCCCCCCC(C)C. The monoisotopic (exact) mass is 723 g/mol. The molecule has 0 radical (unpaired) electrons. The van der Waals surface area contributed by atoms with Gasteiger partial charge in [0.05, 0.1) is 0 Å². The van der Waals surface area contributed by atoms with E-state index in [4.69, 9.17) is 14.2 Å². The Morgan fingerprint density at radius 1 is 0.373 bits per heavy atom. The van der Waals surface area contributed by atoms with Crippen LogP contribution in [0.3, 0.4) is 0 Å². The fourth-order valence-electron chi connectivity index (χ4n) is 6.63. The van der Waals surface area contributed by atoms with Crippen molar-refractivity contribution < 1.29 is 28.6 Å². The van der Waals surface area contributed by atoms with Crippen molar-refractivity contribution in [3.05, 3.63) is 0 Å². The van der Waals surface area contributed by atoms with Gasteiger partial charge >= 0.3 is 17.9 Å². The highest BCUT2D eigenvalue weighted by Gasteiger charge is 2.19. The Balaban J connectivity index is 4.19. The highest BCUT2D eigenvalue weighted by molar-refractivity contribution is 5.71. The first-order chi connectivity index (χ1) is 24.9. The maximum absolute atomic E-state index is 12.7. The minimum atomic E-state index is -0.757. The van der Waals surface area contributed by atoms with E-state index in [1.165, 1.54) is 135 Å². The van der Waals surface area contributed by atoms with E-state index in [-0.39, 0.29) is 31.1 Å². The standard InChI is InChI=1S/C45H86O6/c1-5-7-9-11-12-13-14-15-19-22-25-29-33-37-44(47)50-40-42(39-49-43(46)36-32-27-10-8-6-2)51-45(48)38-34-30-26-23-20-17-16-18-21-24-28-31-35-41(3)4/h41-42H,5-40H2,1-4H3/t42-/m0/s1. The topological polar surface area (TPSA) is 78.9 Å². The molecule has 0 aliphatic carbocycles. The van der Waals surface area contributed by atoms with Crippen LogP contribution in [0.1, 0.15) is 246 Å². The Morgan fingerprint density at radius 2 is 0.647 bits per heavy atom. The van der Waals surface area contributed by atoms with Crippen molar-refractivity contribution in [1.29, 1.82) is 0 Å². The molecule has 0 heterocycles. The zero-order valence-corrected chi connectivity index (χ0v) is 34.6. The summed E-state index contributed by atoms with van der Waals surface area (Å²) in [5.74, 6) is -0.0364. The molecule has 0 fully saturated rings. The maximum Gasteiger partial charge on any atom is 0.306 e. The van der Waals surface area contributed by atoms with Gasteiger partial charge in [-0.15, -0.1) is 0 Å². The van der Waals surface area contributed by atoms with E-state index in [1.54, 1.807) is 0 Å². The smallest absolute Gasteiger partial charge is 0.306 e. The summed E-state index contributed by atoms with van der Waals surface area (Å²) in [6.45, 7) is 8.92. The molecular formula is C45H86O6. The third kappa shape index (κ3) is 39.5. The number of carbonyl (C=O) groups is 3. The minimum absolute atomic E-state index is 0.0647. The summed E-state index contributed by atoms with van der Waals surface area (Å²) in [5.41, 5.74) is 0. The van der Waals surface area contributed by atoms with E-state index in [0.29, 0.717) is 19.3 Å². The molecule has 0 aromatic carbocycles. The minimum Gasteiger partial charge on any atom is -0.462 e. The molecule has 0 N–H and O–H groups in total. The third-order valence-corrected chi connectivity index (χ3v) is 10.0. The van der Waals surface area contributed by atoms with Gasteiger partial charge in [-0.3, -0.25) is 14.4 Å². The van der Waals surface area contributed by atoms with Gasteiger partial charge in [0.15, 0.2) is 6.10 Å². The van der Waals surface area contributed by atoms with Crippen LogP contribution < -0.4 is 0 Å². The average molecular weight is 723 g/mol. The predicted octanol–water partition coefficient (Wildman–Crippen LogP) is 13.9. The molecule has 51 heavy (non-hydrogen) atoms. The first-order valence-corrected chi connectivity index (χ1v) is 22.4. The molecule has 1 atom stereocenters. The van der Waals surface area contributed by atoms with Crippen molar-refractivity contribution in [2.45, 2.75) is 252 Å². The van der Waals surface area contributed by atoms with Crippen molar-refractivity contribution in [1.82, 2.24) is 0 Å². The summed E-state index contributed by atoms with van der Waals surface area (Å²) in [6.07, 6.45) is 38.3. The van der Waals surface area contributed by atoms with Crippen LogP contribution in [0.25, 0.3) is 0 Å². The Bertz CT molecular complexity index is 766. The van der Waals surface area contributed by atoms with Gasteiger partial charge < -0.3 is 14.2 Å². The summed E-state index contributed by atoms with van der Waals surface area (Å²) < 4.78 is 16.6. The molecule has 0 rings (SSSR count). The van der Waals surface area contributed by atoms with Crippen LogP contribution in [0, 0.1) is 5.92 Å². The molecule has 0 bridgehead atoms. The molecular weight excluding hydrogens is 636 g/mol. The van der Waals surface area contributed by atoms with Crippen molar-refractivity contribution in [2.75, 3.05) is 13.2 Å². The lowest BCUT2D eigenvalue weighted by molar-refractivity contribution is -0.167. The summed E-state index contributed by atoms with van der Waals surface area (Å²) in [5, 5.41) is 0. The number of ether oxygens (including phenoxy) is 3. The molecule has 6 nitrogen and oxygen atoms in total. The number of rotatable bonds is 40. The number of esters is 3. The number of carbonyl (C=O) groups excluding carboxylic acids is 3. The van der Waals surface area contributed by atoms with Crippen LogP contribution in [-0.2, 0) is 28.6 Å². The van der Waals surface area contributed by atoms with Crippen molar-refractivity contribution in [3.8, 4) is 0 Å². The normalized spacial score (nSPS) is 11.9. The van der Waals surface area contributed by atoms with E-state index in [2.05, 4.69) is 27.7 Å². The van der Waals surface area contributed by atoms with Gasteiger partial charge in [-0.05, 0) is 25.2 Å². The van der Waals surface area contributed by atoms with Gasteiger partial charge in [0.25, 0.3) is 0 Å². The Kier molecular flexibility index (Phi) is 38.4. The second-order valence-electron chi connectivity index (χ2n) is 15.8. The van der Waals surface area contributed by atoms with Crippen LogP contribution in [-0.4, -0.2) is 37.2 Å². The number of unbranched alkanes of at least 4 members (excludes halogenated alkanes) is 27. The first kappa shape index (κ1) is 49.4. The second kappa shape index (κ2) is 39.6. The zero-order valence-electron chi connectivity index (χ0n) is 34.6. The van der Waals surface area contributed by atoms with Crippen LogP contribution in [0.15, 0.2) is 0 Å². The summed E-state index contributed by atoms with van der Waals surface area (Å²) in [7, 11) is 0. The van der Waals surface area contributed by atoms with Crippen molar-refractivity contribution >= 4 is 17.9 Å². The lowest BCUT2D eigenvalue weighted by Crippen LogP contribution is -2.30. The van der Waals surface area contributed by atoms with Crippen molar-refractivity contribution in [3.63, 3.8) is 0 Å². The zero-order chi connectivity index (χ0) is 37.5. The number of hydrogen-bond acceptors (Lipinski definition) is 6. The predicted molar refractivity (Wildman–Crippen MR) is 215 cm³/mol. The molecule has 0 aromatic rings. The lowest BCUT2D eigenvalue weighted by atomic mass is 10.0. The van der Waals surface area contributed by atoms with Gasteiger partial charge in [0.1, 0.15) is 13.2 Å². The van der Waals surface area contributed by atoms with E-state index in [0.717, 1.165) is 70.1 Å². The van der Waals surface area contributed by atoms with E-state index < -0.39 is 6.10 Å². The molecule has 0 aliphatic rings. The molecule has 0 saturated heterocycles.